The molecule has 0 unspecified atom stereocenters. The number of H-pyrrole nitrogens is 1. The van der Waals surface area contributed by atoms with Crippen molar-refractivity contribution in [2.45, 2.75) is 45.5 Å². The molecule has 0 aliphatic carbocycles. The molecule has 0 radical (unpaired) electrons. The molecule has 0 saturated heterocycles. The molecule has 3 N–H and O–H groups in total. The van der Waals surface area contributed by atoms with Crippen molar-refractivity contribution in [1.82, 2.24) is 4.98 Å². The van der Waals surface area contributed by atoms with Crippen LogP contribution in [0.15, 0.2) is 120 Å². The molecule has 16 heteroatoms. The molecule has 0 saturated carbocycles. The van der Waals surface area contributed by atoms with Gasteiger partial charge in [-0.3, -0.25) is 0 Å². The highest BCUT2D eigenvalue weighted by Gasteiger charge is 2.40. The van der Waals surface area contributed by atoms with Crippen molar-refractivity contribution in [3.05, 3.63) is 176 Å². The average Bonchev–Trinajstić information content (AvgIpc) is 3.81. The van der Waals surface area contributed by atoms with Gasteiger partial charge in [0.15, 0.2) is 0 Å². The van der Waals surface area contributed by atoms with E-state index in [0.29, 0.717) is 41.0 Å². The number of nitrogens with one attached hydrogen (secondary N) is 1. The number of aromatic amines is 1. The van der Waals surface area contributed by atoms with E-state index in [1.54, 1.807) is 32.9 Å². The minimum absolute atomic E-state index is 0.0221. The smallest absolute Gasteiger partial charge is 0.416 e. The van der Waals surface area contributed by atoms with Gasteiger partial charge < -0.3 is 15.2 Å². The maximum Gasteiger partial charge on any atom is 0.416 e. The molecule has 2 heterocycles. The van der Waals surface area contributed by atoms with Crippen LogP contribution in [-0.4, -0.2) is 20.9 Å². The third kappa shape index (κ3) is 8.72. The highest BCUT2D eigenvalue weighted by molar-refractivity contribution is 6.20. The number of halogens is 12. The monoisotopic (exact) mass is 870 g/mol. The molecule has 320 valence electrons. The van der Waals surface area contributed by atoms with E-state index in [4.69, 9.17) is 4.99 Å². The summed E-state index contributed by atoms with van der Waals surface area (Å²) in [4.78, 5) is 7.87. The molecule has 0 atom stereocenters. The molecular weight excluding hydrogens is 840 g/mol. The van der Waals surface area contributed by atoms with Crippen LogP contribution in [0.4, 0.5) is 52.7 Å². The van der Waals surface area contributed by atoms with Crippen LogP contribution in [-0.2, 0) is 24.7 Å². The van der Waals surface area contributed by atoms with Crippen LogP contribution in [0.2, 0.25) is 0 Å². The SMILES string of the molecule is Cc1cc(C)c(C(=C2N=C(c3ccc(O)cc3)C=C2c2cc(C(F)(F)F)cc(C(F)(F)F)c2)c2[nH]c(-c3ccc(O)cc3)cc2-c2cc(C(F)(F)F)cc(C(F)(F)F)c2)c(C)c1. The quantitative estimate of drug-likeness (QED) is 0.146. The Morgan fingerprint density at radius 2 is 0.919 bits per heavy atom. The molecule has 0 fully saturated rings. The molecule has 62 heavy (non-hydrogen) atoms. The summed E-state index contributed by atoms with van der Waals surface area (Å²) in [5, 5.41) is 20.0. The summed E-state index contributed by atoms with van der Waals surface area (Å²) in [5.41, 5.74) is -6.61. The fraction of sp³-hybridized carbons (Fsp3) is 0.152. The second kappa shape index (κ2) is 15.3. The Labute approximate surface area is 344 Å². The summed E-state index contributed by atoms with van der Waals surface area (Å²) in [5.74, 6) is -0.373. The van der Waals surface area contributed by atoms with Gasteiger partial charge in [0.25, 0.3) is 0 Å². The number of aliphatic imine (C=N–C) groups is 1. The van der Waals surface area contributed by atoms with Crippen LogP contribution in [0.25, 0.3) is 33.5 Å². The highest BCUT2D eigenvalue weighted by Crippen LogP contribution is 2.48. The van der Waals surface area contributed by atoms with Crippen molar-refractivity contribution in [2.24, 2.45) is 4.99 Å². The van der Waals surface area contributed by atoms with E-state index < -0.39 is 58.1 Å². The highest BCUT2D eigenvalue weighted by atomic mass is 19.4. The maximum absolute atomic E-state index is 14.4. The topological polar surface area (TPSA) is 68.6 Å². The minimum atomic E-state index is -5.28. The van der Waals surface area contributed by atoms with Crippen molar-refractivity contribution in [3.8, 4) is 33.9 Å². The maximum atomic E-state index is 14.4. The van der Waals surface area contributed by atoms with Crippen molar-refractivity contribution in [3.63, 3.8) is 0 Å². The Hall–Kier alpha value is -6.71. The number of allylic oxidation sites excluding steroid dienone is 2. The number of aromatic hydroxyl groups is 2. The number of phenols is 2. The van der Waals surface area contributed by atoms with E-state index in [1.807, 2.05) is 0 Å². The minimum Gasteiger partial charge on any atom is -0.508 e. The number of rotatable bonds is 6. The fourth-order valence-electron chi connectivity index (χ4n) is 7.44. The first kappa shape index (κ1) is 43.4. The molecule has 5 aromatic carbocycles. The number of phenolic OH excluding ortho intramolecular Hbond substituents is 2. The first-order valence-electron chi connectivity index (χ1n) is 18.3. The van der Waals surface area contributed by atoms with Gasteiger partial charge in [0.2, 0.25) is 0 Å². The normalized spacial score (nSPS) is 14.6. The molecule has 1 aromatic heterocycles. The van der Waals surface area contributed by atoms with Gasteiger partial charge in [-0.15, -0.1) is 0 Å². The predicted octanol–water partition coefficient (Wildman–Crippen LogP) is 14.1. The summed E-state index contributed by atoms with van der Waals surface area (Å²) >= 11 is 0. The number of aromatic nitrogens is 1. The van der Waals surface area contributed by atoms with Crippen LogP contribution in [0.1, 0.15) is 61.3 Å². The van der Waals surface area contributed by atoms with Gasteiger partial charge in [0.05, 0.1) is 39.4 Å². The van der Waals surface area contributed by atoms with Gasteiger partial charge >= 0.3 is 24.7 Å². The van der Waals surface area contributed by atoms with Gasteiger partial charge in [0.1, 0.15) is 11.5 Å². The predicted molar refractivity (Wildman–Crippen MR) is 209 cm³/mol. The largest absolute Gasteiger partial charge is 0.508 e. The van der Waals surface area contributed by atoms with Crippen LogP contribution in [0.3, 0.4) is 0 Å². The van der Waals surface area contributed by atoms with E-state index in [1.165, 1.54) is 60.7 Å². The lowest BCUT2D eigenvalue weighted by atomic mass is 9.85. The summed E-state index contributed by atoms with van der Waals surface area (Å²) in [6, 6.07) is 17.1. The van der Waals surface area contributed by atoms with E-state index in [-0.39, 0.29) is 79.8 Å². The standard InChI is InChI=1S/C46H30F12N2O2/c1-22-12-23(2)39(24(3)13-22)40(41-35(20-37(59-41)25-4-8-33(61)9-5-25)27-14-29(43(47,48)49)18-30(15-27)44(50,51)52)42-36(21-38(60-42)26-6-10-34(62)11-7-26)28-16-31(45(53,54)55)19-32(17-28)46(56,57)58/h4-21,59,61-62H,1-3H3. The number of hydrogen-bond donors (Lipinski definition) is 3. The lowest BCUT2D eigenvalue weighted by molar-refractivity contribution is -0.144. The molecule has 0 bridgehead atoms. The van der Waals surface area contributed by atoms with Crippen LogP contribution in [0.5, 0.6) is 11.5 Å². The van der Waals surface area contributed by atoms with E-state index in [2.05, 4.69) is 4.98 Å². The lowest BCUT2D eigenvalue weighted by Gasteiger charge is -2.21. The third-order valence-electron chi connectivity index (χ3n) is 10.1. The van der Waals surface area contributed by atoms with Gasteiger partial charge in [-0.05, 0) is 151 Å². The van der Waals surface area contributed by atoms with Crippen LogP contribution < -0.4 is 0 Å². The Kier molecular flexibility index (Phi) is 10.7. The Balaban J connectivity index is 1.69. The molecule has 1 aliphatic heterocycles. The number of aryl methyl sites for hydroxylation is 3. The second-order valence-electron chi connectivity index (χ2n) is 14.7. The summed E-state index contributed by atoms with van der Waals surface area (Å²) < 4.78 is 172. The molecule has 7 rings (SSSR count). The lowest BCUT2D eigenvalue weighted by Crippen LogP contribution is -2.12. The van der Waals surface area contributed by atoms with Crippen LogP contribution in [0, 0.1) is 20.8 Å². The zero-order valence-corrected chi connectivity index (χ0v) is 32.3. The first-order valence-corrected chi connectivity index (χ1v) is 18.3. The van der Waals surface area contributed by atoms with Crippen LogP contribution >= 0.6 is 0 Å². The number of alkyl halides is 12. The number of nitrogens with zero attached hydrogens (tertiary/aromatic N) is 1. The van der Waals surface area contributed by atoms with Gasteiger partial charge in [-0.1, -0.05) is 17.7 Å². The zero-order valence-electron chi connectivity index (χ0n) is 32.3. The summed E-state index contributed by atoms with van der Waals surface area (Å²) in [6.45, 7) is 4.99. The van der Waals surface area contributed by atoms with Gasteiger partial charge in [-0.25, -0.2) is 4.99 Å². The third-order valence-corrected chi connectivity index (χ3v) is 10.1. The molecule has 1 aliphatic rings. The number of hydrogen-bond acceptors (Lipinski definition) is 3. The van der Waals surface area contributed by atoms with E-state index in [9.17, 15) is 62.9 Å². The van der Waals surface area contributed by atoms with E-state index >= 15 is 0 Å². The molecule has 4 nitrogen and oxygen atoms in total. The Bertz CT molecular complexity index is 2730. The summed E-state index contributed by atoms with van der Waals surface area (Å²) in [7, 11) is 0. The van der Waals surface area contributed by atoms with Crippen molar-refractivity contribution in [1.29, 1.82) is 0 Å². The zero-order chi connectivity index (χ0) is 45.3. The van der Waals surface area contributed by atoms with Crippen molar-refractivity contribution >= 4 is 16.9 Å². The molecule has 0 spiro atoms. The summed E-state index contributed by atoms with van der Waals surface area (Å²) in [6.07, 6.45) is -19.9. The van der Waals surface area contributed by atoms with E-state index in [0.717, 1.165) is 0 Å². The average molecular weight is 871 g/mol. The molecule has 6 aromatic rings. The Morgan fingerprint density at radius 3 is 1.35 bits per heavy atom. The Morgan fingerprint density at radius 1 is 0.500 bits per heavy atom. The number of benzene rings is 5. The fourth-order valence-corrected chi connectivity index (χ4v) is 7.44. The van der Waals surface area contributed by atoms with Gasteiger partial charge in [0, 0.05) is 28.0 Å². The molecular formula is C46H30F12N2O2. The van der Waals surface area contributed by atoms with Gasteiger partial charge in [-0.2, -0.15) is 52.7 Å². The molecule has 0 amide bonds. The first-order chi connectivity index (χ1) is 28.8. The van der Waals surface area contributed by atoms with Crippen molar-refractivity contribution in [2.75, 3.05) is 0 Å². The van der Waals surface area contributed by atoms with Crippen molar-refractivity contribution < 1.29 is 62.9 Å². The second-order valence-corrected chi connectivity index (χ2v) is 14.7.